The Bertz CT molecular complexity index is 749. The number of benzene rings is 1. The van der Waals surface area contributed by atoms with E-state index in [2.05, 4.69) is 10.3 Å². The molecule has 25 heavy (non-hydrogen) atoms. The van der Waals surface area contributed by atoms with E-state index in [1.54, 1.807) is 9.80 Å². The van der Waals surface area contributed by atoms with Crippen molar-refractivity contribution < 1.29 is 9.59 Å². The van der Waals surface area contributed by atoms with E-state index in [0.717, 1.165) is 16.5 Å². The number of fused-ring (bicyclic) bond motifs is 1. The van der Waals surface area contributed by atoms with Gasteiger partial charge in [0.15, 0.2) is 0 Å². The Morgan fingerprint density at radius 3 is 2.60 bits per heavy atom. The quantitative estimate of drug-likeness (QED) is 0.770. The summed E-state index contributed by atoms with van der Waals surface area (Å²) in [4.78, 5) is 31.2. The number of aromatic amines is 1. The SMILES string of the molecule is CCNC(=O)N1CCN(C(=O)[C@@H](N)Cc2c[nH]c3ccccc23)CC1. The first kappa shape index (κ1) is 17.3. The number of hydrogen-bond acceptors (Lipinski definition) is 3. The first-order valence-electron chi connectivity index (χ1n) is 8.72. The fourth-order valence-electron chi connectivity index (χ4n) is 3.25. The summed E-state index contributed by atoms with van der Waals surface area (Å²) in [6.07, 6.45) is 2.42. The van der Waals surface area contributed by atoms with E-state index < -0.39 is 6.04 Å². The van der Waals surface area contributed by atoms with Gasteiger partial charge in [0, 0.05) is 49.8 Å². The highest BCUT2D eigenvalue weighted by Gasteiger charge is 2.27. The minimum atomic E-state index is -0.574. The number of hydrogen-bond donors (Lipinski definition) is 3. The van der Waals surface area contributed by atoms with Crippen LogP contribution in [0.5, 0.6) is 0 Å². The lowest BCUT2D eigenvalue weighted by Gasteiger charge is -2.35. The predicted molar refractivity (Wildman–Crippen MR) is 97.2 cm³/mol. The second-order valence-corrected chi connectivity index (χ2v) is 6.32. The molecule has 4 N–H and O–H groups in total. The van der Waals surface area contributed by atoms with Gasteiger partial charge in [-0.2, -0.15) is 0 Å². The minimum Gasteiger partial charge on any atom is -0.361 e. The van der Waals surface area contributed by atoms with Gasteiger partial charge in [0.05, 0.1) is 6.04 Å². The van der Waals surface area contributed by atoms with Crippen LogP contribution < -0.4 is 11.1 Å². The summed E-state index contributed by atoms with van der Waals surface area (Å²) in [5.74, 6) is -0.0548. The molecule has 1 saturated heterocycles. The Balaban J connectivity index is 1.57. The van der Waals surface area contributed by atoms with Gasteiger partial charge in [0.25, 0.3) is 0 Å². The van der Waals surface area contributed by atoms with Gasteiger partial charge in [-0.1, -0.05) is 18.2 Å². The number of piperazine rings is 1. The molecule has 7 nitrogen and oxygen atoms in total. The number of para-hydroxylation sites is 1. The molecule has 0 radical (unpaired) electrons. The maximum Gasteiger partial charge on any atom is 0.317 e. The van der Waals surface area contributed by atoms with Crippen LogP contribution in [0.4, 0.5) is 4.79 Å². The number of urea groups is 1. The number of carbonyl (C=O) groups excluding carboxylic acids is 2. The molecule has 0 unspecified atom stereocenters. The van der Waals surface area contributed by atoms with Crippen molar-refractivity contribution in [2.24, 2.45) is 5.73 Å². The van der Waals surface area contributed by atoms with Crippen LogP contribution in [-0.2, 0) is 11.2 Å². The van der Waals surface area contributed by atoms with Crippen molar-refractivity contribution in [3.63, 3.8) is 0 Å². The predicted octanol–water partition coefficient (Wildman–Crippen LogP) is 0.911. The fraction of sp³-hybridized carbons (Fsp3) is 0.444. The Morgan fingerprint density at radius 2 is 1.88 bits per heavy atom. The number of carbonyl (C=O) groups is 2. The lowest BCUT2D eigenvalue weighted by Crippen LogP contribution is -2.56. The van der Waals surface area contributed by atoms with Crippen LogP contribution >= 0.6 is 0 Å². The Labute approximate surface area is 147 Å². The van der Waals surface area contributed by atoms with Crippen molar-refractivity contribution >= 4 is 22.8 Å². The monoisotopic (exact) mass is 343 g/mol. The largest absolute Gasteiger partial charge is 0.361 e. The summed E-state index contributed by atoms with van der Waals surface area (Å²) >= 11 is 0. The van der Waals surface area contributed by atoms with Crippen LogP contribution in [0.2, 0.25) is 0 Å². The number of nitrogens with one attached hydrogen (secondary N) is 2. The summed E-state index contributed by atoms with van der Waals surface area (Å²) in [5, 5.41) is 3.89. The zero-order chi connectivity index (χ0) is 17.8. The van der Waals surface area contributed by atoms with E-state index in [1.807, 2.05) is 37.4 Å². The molecule has 2 heterocycles. The highest BCUT2D eigenvalue weighted by Crippen LogP contribution is 2.19. The average Bonchev–Trinajstić information content (AvgIpc) is 3.04. The second kappa shape index (κ2) is 7.57. The number of amides is 3. The zero-order valence-electron chi connectivity index (χ0n) is 14.5. The van der Waals surface area contributed by atoms with Gasteiger partial charge in [0.2, 0.25) is 5.91 Å². The maximum absolute atomic E-state index is 12.6. The number of aromatic nitrogens is 1. The van der Waals surface area contributed by atoms with E-state index in [9.17, 15) is 9.59 Å². The van der Waals surface area contributed by atoms with Crippen LogP contribution in [0, 0.1) is 0 Å². The number of H-pyrrole nitrogens is 1. The molecule has 3 amide bonds. The zero-order valence-corrected chi connectivity index (χ0v) is 14.5. The molecule has 1 fully saturated rings. The molecular weight excluding hydrogens is 318 g/mol. The Kier molecular flexibility index (Phi) is 5.23. The molecule has 0 spiro atoms. The van der Waals surface area contributed by atoms with Crippen LogP contribution in [0.1, 0.15) is 12.5 Å². The Hall–Kier alpha value is -2.54. The van der Waals surface area contributed by atoms with Gasteiger partial charge >= 0.3 is 6.03 Å². The molecule has 0 saturated carbocycles. The van der Waals surface area contributed by atoms with Gasteiger partial charge in [-0.05, 0) is 25.0 Å². The molecule has 1 aliphatic rings. The highest BCUT2D eigenvalue weighted by molar-refractivity contribution is 5.86. The molecule has 7 heteroatoms. The molecule has 1 aromatic heterocycles. The molecule has 3 rings (SSSR count). The van der Waals surface area contributed by atoms with Crippen molar-refractivity contribution in [2.45, 2.75) is 19.4 Å². The van der Waals surface area contributed by atoms with Gasteiger partial charge in [-0.25, -0.2) is 4.79 Å². The van der Waals surface area contributed by atoms with Crippen molar-refractivity contribution in [3.05, 3.63) is 36.0 Å². The van der Waals surface area contributed by atoms with E-state index >= 15 is 0 Å². The van der Waals surface area contributed by atoms with Gasteiger partial charge in [-0.15, -0.1) is 0 Å². The first-order chi connectivity index (χ1) is 12.1. The summed E-state index contributed by atoms with van der Waals surface area (Å²) in [7, 11) is 0. The fourth-order valence-corrected chi connectivity index (χ4v) is 3.25. The highest BCUT2D eigenvalue weighted by atomic mass is 16.2. The topological polar surface area (TPSA) is 94.5 Å². The molecule has 0 bridgehead atoms. The van der Waals surface area contributed by atoms with Gasteiger partial charge < -0.3 is 25.8 Å². The van der Waals surface area contributed by atoms with Crippen molar-refractivity contribution in [3.8, 4) is 0 Å². The molecule has 1 aliphatic heterocycles. The van der Waals surface area contributed by atoms with Crippen molar-refractivity contribution in [2.75, 3.05) is 32.7 Å². The summed E-state index contributed by atoms with van der Waals surface area (Å²) in [5.41, 5.74) is 8.28. The van der Waals surface area contributed by atoms with E-state index in [-0.39, 0.29) is 11.9 Å². The van der Waals surface area contributed by atoms with Crippen LogP contribution in [0.3, 0.4) is 0 Å². The second-order valence-electron chi connectivity index (χ2n) is 6.32. The molecule has 1 atom stereocenters. The van der Waals surface area contributed by atoms with E-state index in [0.29, 0.717) is 39.1 Å². The maximum atomic E-state index is 12.6. The van der Waals surface area contributed by atoms with Crippen LogP contribution in [0.15, 0.2) is 30.5 Å². The third-order valence-electron chi connectivity index (χ3n) is 4.64. The first-order valence-corrected chi connectivity index (χ1v) is 8.72. The normalized spacial score (nSPS) is 16.1. The van der Waals surface area contributed by atoms with Gasteiger partial charge in [-0.3, -0.25) is 4.79 Å². The minimum absolute atomic E-state index is 0.0548. The molecule has 134 valence electrons. The third-order valence-corrected chi connectivity index (χ3v) is 4.64. The van der Waals surface area contributed by atoms with Crippen molar-refractivity contribution in [1.82, 2.24) is 20.1 Å². The molecule has 0 aliphatic carbocycles. The van der Waals surface area contributed by atoms with Crippen LogP contribution in [-0.4, -0.2) is 65.5 Å². The summed E-state index contributed by atoms with van der Waals surface area (Å²) < 4.78 is 0. The molecular formula is C18H25N5O2. The van der Waals surface area contributed by atoms with Crippen LogP contribution in [0.25, 0.3) is 10.9 Å². The summed E-state index contributed by atoms with van der Waals surface area (Å²) in [6.45, 7) is 4.62. The van der Waals surface area contributed by atoms with E-state index in [1.165, 1.54) is 0 Å². The lowest BCUT2D eigenvalue weighted by molar-refractivity contribution is -0.134. The molecule has 1 aromatic carbocycles. The van der Waals surface area contributed by atoms with Gasteiger partial charge in [0.1, 0.15) is 0 Å². The average molecular weight is 343 g/mol. The number of nitrogens with two attached hydrogens (primary N) is 1. The number of rotatable bonds is 4. The van der Waals surface area contributed by atoms with Crippen molar-refractivity contribution in [1.29, 1.82) is 0 Å². The molecule has 2 aromatic rings. The lowest BCUT2D eigenvalue weighted by atomic mass is 10.0. The third kappa shape index (κ3) is 3.76. The smallest absolute Gasteiger partial charge is 0.317 e. The number of nitrogens with zero attached hydrogens (tertiary/aromatic N) is 2. The van der Waals surface area contributed by atoms with E-state index in [4.69, 9.17) is 5.73 Å². The Morgan fingerprint density at radius 1 is 1.20 bits per heavy atom. The standard InChI is InChI=1S/C18H25N5O2/c1-2-20-18(25)23-9-7-22(8-10-23)17(24)15(19)11-13-12-21-16-6-4-3-5-14(13)16/h3-6,12,15,21H,2,7-11,19H2,1H3,(H,20,25)/t15-/m0/s1. The summed E-state index contributed by atoms with van der Waals surface area (Å²) in [6, 6.07) is 7.35.